The molecule has 1 N–H and O–H groups in total. The van der Waals surface area contributed by atoms with Crippen molar-refractivity contribution in [2.45, 2.75) is 54.4 Å². The molecule has 0 aliphatic carbocycles. The van der Waals surface area contributed by atoms with Gasteiger partial charge in [-0.05, 0) is 88.9 Å². The quantitative estimate of drug-likeness (QED) is 0.0549. The van der Waals surface area contributed by atoms with Crippen LogP contribution in [0.15, 0.2) is 72.4 Å². The molecule has 0 aliphatic heterocycles. The van der Waals surface area contributed by atoms with Gasteiger partial charge in [-0.15, -0.1) is 14.1 Å². The first-order chi connectivity index (χ1) is 22.8. The molecule has 0 radical (unpaired) electrons. The number of phenolic OH excluding ortho intramolecular Hbond substituents is 1. The van der Waals surface area contributed by atoms with E-state index in [1.54, 1.807) is 39.0 Å². The van der Waals surface area contributed by atoms with Gasteiger partial charge in [-0.1, -0.05) is 55.0 Å². The number of aromatic hydroxyl groups is 1. The number of ether oxygens (including phenoxy) is 3. The van der Waals surface area contributed by atoms with Crippen molar-refractivity contribution in [1.29, 1.82) is 0 Å². The van der Waals surface area contributed by atoms with Crippen molar-refractivity contribution in [3.05, 3.63) is 101 Å². The predicted octanol–water partition coefficient (Wildman–Crippen LogP) is 6.78. The first-order valence-corrected chi connectivity index (χ1v) is 15.6. The minimum absolute atomic E-state index is 0.144. The molecule has 0 saturated heterocycles. The molecule has 0 amide bonds. The number of methoxy groups -OCH3 is 1. The van der Waals surface area contributed by atoms with Crippen LogP contribution in [0.3, 0.4) is 0 Å². The number of rotatable bonds is 11. The summed E-state index contributed by atoms with van der Waals surface area (Å²) in [6.45, 7) is 17.9. The first kappa shape index (κ1) is 35.4. The number of aryl methyl sites for hydroxylation is 2. The number of phenols is 1. The minimum Gasteiger partial charge on any atom is -0.506 e. The second-order valence-electron chi connectivity index (χ2n) is 12.6. The molecule has 0 bridgehead atoms. The van der Waals surface area contributed by atoms with Crippen molar-refractivity contribution in [3.63, 3.8) is 0 Å². The van der Waals surface area contributed by atoms with E-state index in [1.807, 2.05) is 71.2 Å². The van der Waals surface area contributed by atoms with Gasteiger partial charge in [0, 0.05) is 0 Å². The number of carbonyl (C=O) groups excluding carboxylic acids is 3. The summed E-state index contributed by atoms with van der Waals surface area (Å²) in [5.74, 6) is -1.36. The highest BCUT2D eigenvalue weighted by atomic mass is 16.6. The van der Waals surface area contributed by atoms with Crippen LogP contribution in [0.25, 0.3) is 27.6 Å². The van der Waals surface area contributed by atoms with Crippen molar-refractivity contribution in [1.82, 2.24) is 14.1 Å². The highest BCUT2D eigenvalue weighted by molar-refractivity contribution is 5.95. The smallest absolute Gasteiger partial charge is 0.336 e. The van der Waals surface area contributed by atoms with Crippen LogP contribution in [0.1, 0.15) is 57.2 Å². The van der Waals surface area contributed by atoms with Gasteiger partial charge in [-0.2, -0.15) is 0 Å². The predicted molar refractivity (Wildman–Crippen MR) is 182 cm³/mol. The topological polar surface area (TPSA) is 117 Å². The Labute approximate surface area is 280 Å². The van der Waals surface area contributed by atoms with E-state index in [0.29, 0.717) is 17.7 Å². The number of aromatic nitrogens is 3. The molecule has 1 atom stereocenters. The lowest BCUT2D eigenvalue weighted by Gasteiger charge is -2.33. The molecular weight excluding hydrogens is 612 g/mol. The summed E-state index contributed by atoms with van der Waals surface area (Å²) < 4.78 is 19.2. The van der Waals surface area contributed by atoms with Crippen LogP contribution < -0.4 is 0 Å². The summed E-state index contributed by atoms with van der Waals surface area (Å²) in [6, 6.07) is 21.2. The normalized spacial score (nSPS) is 13.0. The monoisotopic (exact) mass is 654 g/mol. The maximum atomic E-state index is 12.6. The molecule has 0 fully saturated rings. The molecule has 2 aromatic heterocycles. The minimum atomic E-state index is -0.894. The fourth-order valence-electron chi connectivity index (χ4n) is 5.43. The van der Waals surface area contributed by atoms with Gasteiger partial charge in [0.2, 0.25) is 0 Å². The van der Waals surface area contributed by atoms with E-state index in [9.17, 15) is 19.5 Å². The van der Waals surface area contributed by atoms with Crippen molar-refractivity contribution in [2.75, 3.05) is 20.3 Å². The Morgan fingerprint density at radius 2 is 1.46 bits per heavy atom. The van der Waals surface area contributed by atoms with Gasteiger partial charge in [-0.25, -0.2) is 4.85 Å². The number of nitrogens with zero attached hydrogens (tertiary/aromatic N) is 4. The highest BCUT2D eigenvalue weighted by Gasteiger charge is 2.42. The average Bonchev–Trinajstić information content (AvgIpc) is 3.74. The number of benzene rings is 3. The fraction of sp³-hybridized carbons (Fsp3) is 0.351. The van der Waals surface area contributed by atoms with Crippen LogP contribution in [-0.2, 0) is 28.6 Å². The number of esters is 3. The first-order valence-electron chi connectivity index (χ1n) is 15.6. The Bertz CT molecular complexity index is 1930. The van der Waals surface area contributed by atoms with Crippen molar-refractivity contribution < 1.29 is 33.7 Å². The molecule has 0 saturated carbocycles. The van der Waals surface area contributed by atoms with E-state index >= 15 is 0 Å². The van der Waals surface area contributed by atoms with Gasteiger partial charge in [0.25, 0.3) is 5.70 Å². The molecule has 5 rings (SSSR count). The summed E-state index contributed by atoms with van der Waals surface area (Å²) in [5.41, 5.74) is 4.18. The van der Waals surface area contributed by atoms with Crippen LogP contribution >= 0.6 is 0 Å². The number of hydrogen-bond donors (Lipinski definition) is 1. The molecule has 11 heteroatoms. The van der Waals surface area contributed by atoms with E-state index in [1.165, 1.54) is 24.2 Å². The van der Waals surface area contributed by atoms with E-state index in [0.717, 1.165) is 16.8 Å². The molecular formula is C37H42N4O7. The SMILES string of the molecule is Cc1ccc(O)c(-n2n3c4ccccc4n23)c1.[C-]#[N+]/C(=C\c1ccc(C)cc1)C(=O)OCCOC(=O)C(C)(CC)CC(C)(C)C(=O)OC. The summed E-state index contributed by atoms with van der Waals surface area (Å²) in [5, 5.41) is 9.89. The summed E-state index contributed by atoms with van der Waals surface area (Å²) in [6.07, 6.45) is 2.17. The van der Waals surface area contributed by atoms with Crippen molar-refractivity contribution >= 4 is 35.0 Å². The molecule has 252 valence electrons. The molecule has 5 aromatic rings. The zero-order valence-corrected chi connectivity index (χ0v) is 28.4. The standard InChI is InChI=1S/C24H31NO6.C13H11N3O/c1-8-24(5,16-23(3,4)21(27)29-7)22(28)31-14-13-30-20(26)19(25-6)15-18-11-9-17(2)10-12-18;1-9-6-7-13(17)12(8-9)16-14-10-4-2-3-5-11(10)15(14)16/h9-12,15H,8,13-14,16H2,1-5,7H3;2-8,17H,1H3/b19-15-;. The molecule has 0 aliphatic rings. The highest BCUT2D eigenvalue weighted by Crippen LogP contribution is 2.38. The van der Waals surface area contributed by atoms with Gasteiger partial charge in [0.15, 0.2) is 0 Å². The lowest BCUT2D eigenvalue weighted by molar-refractivity contribution is -0.164. The summed E-state index contributed by atoms with van der Waals surface area (Å²) in [4.78, 5) is 41.9. The maximum absolute atomic E-state index is 12.6. The van der Waals surface area contributed by atoms with Crippen LogP contribution in [0.4, 0.5) is 0 Å². The fourth-order valence-corrected chi connectivity index (χ4v) is 5.43. The molecule has 11 nitrogen and oxygen atoms in total. The maximum Gasteiger partial charge on any atom is 0.336 e. The second-order valence-corrected chi connectivity index (χ2v) is 12.6. The average molecular weight is 655 g/mol. The van der Waals surface area contributed by atoms with Gasteiger partial charge in [-0.3, -0.25) is 14.4 Å². The largest absolute Gasteiger partial charge is 0.506 e. The zero-order valence-electron chi connectivity index (χ0n) is 28.4. The zero-order chi connectivity index (χ0) is 35.2. The molecule has 0 spiro atoms. The Balaban J connectivity index is 0.000000252. The number of fused-ring (bicyclic) bond motifs is 4. The Morgan fingerprint density at radius 3 is 2.02 bits per heavy atom. The third kappa shape index (κ3) is 7.72. The Hall–Kier alpha value is -5.50. The van der Waals surface area contributed by atoms with Gasteiger partial charge in [0.05, 0.1) is 24.5 Å². The van der Waals surface area contributed by atoms with E-state index in [4.69, 9.17) is 20.8 Å². The number of carbonyl (C=O) groups is 3. The summed E-state index contributed by atoms with van der Waals surface area (Å²) >= 11 is 0. The third-order valence-corrected chi connectivity index (χ3v) is 8.27. The number of hydrogen-bond acceptors (Lipinski definition) is 7. The summed E-state index contributed by atoms with van der Waals surface area (Å²) in [7, 11) is 1.31. The van der Waals surface area contributed by atoms with E-state index < -0.39 is 28.7 Å². The van der Waals surface area contributed by atoms with Gasteiger partial charge >= 0.3 is 17.9 Å². The number of para-hydroxylation sites is 2. The molecule has 3 aromatic carbocycles. The van der Waals surface area contributed by atoms with E-state index in [2.05, 4.69) is 17.0 Å². The van der Waals surface area contributed by atoms with E-state index in [-0.39, 0.29) is 25.3 Å². The Kier molecular flexibility index (Phi) is 10.7. The Morgan fingerprint density at radius 1 is 0.875 bits per heavy atom. The lowest BCUT2D eigenvalue weighted by atomic mass is 9.72. The molecule has 2 heterocycles. The lowest BCUT2D eigenvalue weighted by Crippen LogP contribution is -2.38. The molecule has 1 unspecified atom stereocenters. The van der Waals surface area contributed by atoms with Crippen molar-refractivity contribution in [2.24, 2.45) is 10.8 Å². The van der Waals surface area contributed by atoms with Crippen LogP contribution in [0, 0.1) is 31.2 Å². The van der Waals surface area contributed by atoms with Gasteiger partial charge < -0.3 is 19.3 Å². The van der Waals surface area contributed by atoms with Crippen LogP contribution in [-0.4, -0.2) is 57.4 Å². The third-order valence-electron chi connectivity index (χ3n) is 8.27. The van der Waals surface area contributed by atoms with Gasteiger partial charge in [0.1, 0.15) is 35.7 Å². The molecule has 48 heavy (non-hydrogen) atoms. The van der Waals surface area contributed by atoms with Crippen LogP contribution in [0.5, 0.6) is 5.75 Å². The van der Waals surface area contributed by atoms with Crippen molar-refractivity contribution in [3.8, 4) is 11.4 Å². The second kappa shape index (κ2) is 14.5. The van der Waals surface area contributed by atoms with Crippen LogP contribution in [0.2, 0.25) is 0 Å².